The number of carbonyl (C=O) groups is 2. The molecule has 0 aliphatic carbocycles. The van der Waals surface area contributed by atoms with Crippen LogP contribution >= 0.6 is 0 Å². The average Bonchev–Trinajstić information content (AvgIpc) is 2.33. The SMILES string of the molecule is CC(C)CC(CNC(=O)Nc1cccc(F)c1)C(=O)O. The van der Waals surface area contributed by atoms with Crippen molar-refractivity contribution in [3.05, 3.63) is 30.1 Å². The summed E-state index contributed by atoms with van der Waals surface area (Å²) >= 11 is 0. The number of urea groups is 1. The van der Waals surface area contributed by atoms with Crippen LogP contribution in [0.2, 0.25) is 0 Å². The van der Waals surface area contributed by atoms with Gasteiger partial charge < -0.3 is 15.7 Å². The fourth-order valence-electron chi connectivity index (χ4n) is 1.80. The molecule has 6 heteroatoms. The van der Waals surface area contributed by atoms with Crippen LogP contribution in [0.25, 0.3) is 0 Å². The van der Waals surface area contributed by atoms with Crippen molar-refractivity contribution in [2.75, 3.05) is 11.9 Å². The molecule has 0 heterocycles. The first kappa shape index (κ1) is 15.9. The van der Waals surface area contributed by atoms with Crippen LogP contribution in [0.1, 0.15) is 20.3 Å². The van der Waals surface area contributed by atoms with Crippen LogP contribution in [-0.4, -0.2) is 23.7 Å². The fraction of sp³-hybridized carbons (Fsp3) is 0.429. The Morgan fingerprint density at radius 3 is 2.60 bits per heavy atom. The Hall–Kier alpha value is -2.11. The molecular weight excluding hydrogens is 263 g/mol. The summed E-state index contributed by atoms with van der Waals surface area (Å²) in [5.74, 6) is -1.80. The Morgan fingerprint density at radius 1 is 1.35 bits per heavy atom. The molecule has 1 unspecified atom stereocenters. The maximum atomic E-state index is 12.9. The van der Waals surface area contributed by atoms with Gasteiger partial charge in [0, 0.05) is 12.2 Å². The maximum Gasteiger partial charge on any atom is 0.319 e. The highest BCUT2D eigenvalue weighted by Crippen LogP contribution is 2.12. The van der Waals surface area contributed by atoms with E-state index < -0.39 is 23.7 Å². The minimum Gasteiger partial charge on any atom is -0.481 e. The van der Waals surface area contributed by atoms with Crippen molar-refractivity contribution < 1.29 is 19.1 Å². The second kappa shape index (κ2) is 7.47. The number of carboxylic acids is 1. The van der Waals surface area contributed by atoms with Crippen LogP contribution in [-0.2, 0) is 4.79 Å². The predicted octanol–water partition coefficient (Wildman–Crippen LogP) is 2.69. The first-order chi connectivity index (χ1) is 9.38. The van der Waals surface area contributed by atoms with Crippen molar-refractivity contribution in [1.82, 2.24) is 5.32 Å². The van der Waals surface area contributed by atoms with E-state index in [1.165, 1.54) is 18.2 Å². The standard InChI is InChI=1S/C14H19FN2O3/c1-9(2)6-10(13(18)19)8-16-14(20)17-12-5-3-4-11(15)7-12/h3-5,7,9-10H,6,8H2,1-2H3,(H,18,19)(H2,16,17,20). The lowest BCUT2D eigenvalue weighted by Crippen LogP contribution is -2.36. The molecule has 0 aliphatic rings. The summed E-state index contributed by atoms with van der Waals surface area (Å²) in [7, 11) is 0. The summed E-state index contributed by atoms with van der Waals surface area (Å²) in [5.41, 5.74) is 0.318. The van der Waals surface area contributed by atoms with Crippen molar-refractivity contribution in [3.63, 3.8) is 0 Å². The van der Waals surface area contributed by atoms with E-state index in [1.807, 2.05) is 13.8 Å². The number of rotatable bonds is 6. The second-order valence-corrected chi connectivity index (χ2v) is 5.01. The first-order valence-electron chi connectivity index (χ1n) is 6.41. The van der Waals surface area contributed by atoms with Gasteiger partial charge >= 0.3 is 12.0 Å². The predicted molar refractivity (Wildman–Crippen MR) is 74.0 cm³/mol. The Bertz CT molecular complexity index is 477. The molecule has 0 fully saturated rings. The van der Waals surface area contributed by atoms with Crippen molar-refractivity contribution in [1.29, 1.82) is 0 Å². The number of hydrogen-bond acceptors (Lipinski definition) is 2. The van der Waals surface area contributed by atoms with E-state index in [0.29, 0.717) is 12.1 Å². The van der Waals surface area contributed by atoms with Gasteiger partial charge in [-0.3, -0.25) is 4.79 Å². The van der Waals surface area contributed by atoms with E-state index in [9.17, 15) is 14.0 Å². The number of halogens is 1. The highest BCUT2D eigenvalue weighted by molar-refractivity contribution is 5.89. The van der Waals surface area contributed by atoms with Crippen LogP contribution in [0.4, 0.5) is 14.9 Å². The number of carbonyl (C=O) groups excluding carboxylic acids is 1. The third kappa shape index (κ3) is 5.69. The van der Waals surface area contributed by atoms with Gasteiger partial charge in [0.05, 0.1) is 5.92 Å². The van der Waals surface area contributed by atoms with Crippen LogP contribution in [0, 0.1) is 17.7 Å². The quantitative estimate of drug-likeness (QED) is 0.750. The average molecular weight is 282 g/mol. The summed E-state index contributed by atoms with van der Waals surface area (Å²) in [6, 6.07) is 4.93. The number of nitrogens with one attached hydrogen (secondary N) is 2. The number of carboxylic acid groups (broad SMARTS) is 1. The van der Waals surface area contributed by atoms with Crippen LogP contribution in [0.5, 0.6) is 0 Å². The molecule has 0 saturated heterocycles. The Morgan fingerprint density at radius 2 is 2.05 bits per heavy atom. The fourth-order valence-corrected chi connectivity index (χ4v) is 1.80. The van der Waals surface area contributed by atoms with Crippen molar-refractivity contribution in [2.45, 2.75) is 20.3 Å². The van der Waals surface area contributed by atoms with Gasteiger partial charge in [-0.05, 0) is 30.5 Å². The van der Waals surface area contributed by atoms with Gasteiger partial charge in [0.15, 0.2) is 0 Å². The van der Waals surface area contributed by atoms with Gasteiger partial charge in [-0.15, -0.1) is 0 Å². The lowest BCUT2D eigenvalue weighted by Gasteiger charge is -2.15. The monoisotopic (exact) mass is 282 g/mol. The maximum absolute atomic E-state index is 12.9. The summed E-state index contributed by atoms with van der Waals surface area (Å²) in [4.78, 5) is 22.6. The lowest BCUT2D eigenvalue weighted by molar-refractivity contribution is -0.142. The number of amides is 2. The van der Waals surface area contributed by atoms with Gasteiger partial charge in [-0.25, -0.2) is 9.18 Å². The molecule has 20 heavy (non-hydrogen) atoms. The van der Waals surface area contributed by atoms with E-state index >= 15 is 0 Å². The van der Waals surface area contributed by atoms with Gasteiger partial charge in [0.1, 0.15) is 5.82 Å². The van der Waals surface area contributed by atoms with Crippen molar-refractivity contribution >= 4 is 17.7 Å². The van der Waals surface area contributed by atoms with E-state index in [1.54, 1.807) is 6.07 Å². The molecule has 1 aromatic rings. The molecule has 0 saturated carbocycles. The molecule has 1 rings (SSSR count). The number of hydrogen-bond donors (Lipinski definition) is 3. The van der Waals surface area contributed by atoms with Crippen LogP contribution < -0.4 is 10.6 Å². The molecule has 0 aromatic heterocycles. The highest BCUT2D eigenvalue weighted by atomic mass is 19.1. The van der Waals surface area contributed by atoms with E-state index in [-0.39, 0.29) is 12.5 Å². The Kier molecular flexibility index (Phi) is 5.96. The Balaban J connectivity index is 2.47. The number of anilines is 1. The molecule has 0 radical (unpaired) electrons. The second-order valence-electron chi connectivity index (χ2n) is 5.01. The van der Waals surface area contributed by atoms with Gasteiger partial charge in [0.25, 0.3) is 0 Å². The summed E-state index contributed by atoms with van der Waals surface area (Å²) < 4.78 is 12.9. The van der Waals surface area contributed by atoms with Gasteiger partial charge in [-0.1, -0.05) is 19.9 Å². The smallest absolute Gasteiger partial charge is 0.319 e. The minimum atomic E-state index is -0.940. The summed E-state index contributed by atoms with van der Waals surface area (Å²) in [5, 5.41) is 14.0. The number of benzene rings is 1. The molecular formula is C14H19FN2O3. The van der Waals surface area contributed by atoms with Crippen LogP contribution in [0.3, 0.4) is 0 Å². The molecule has 3 N–H and O–H groups in total. The minimum absolute atomic E-state index is 0.0364. The molecule has 5 nitrogen and oxygen atoms in total. The zero-order chi connectivity index (χ0) is 15.1. The highest BCUT2D eigenvalue weighted by Gasteiger charge is 2.19. The van der Waals surface area contributed by atoms with Crippen LogP contribution in [0.15, 0.2) is 24.3 Å². The van der Waals surface area contributed by atoms with Gasteiger partial charge in [-0.2, -0.15) is 0 Å². The summed E-state index contributed by atoms with van der Waals surface area (Å²) in [6.45, 7) is 3.88. The largest absolute Gasteiger partial charge is 0.481 e. The molecule has 0 bridgehead atoms. The molecule has 1 aromatic carbocycles. The number of aliphatic carboxylic acids is 1. The summed E-state index contributed by atoms with van der Waals surface area (Å²) in [6.07, 6.45) is 0.482. The molecule has 2 amide bonds. The molecule has 110 valence electrons. The lowest BCUT2D eigenvalue weighted by atomic mass is 9.97. The van der Waals surface area contributed by atoms with E-state index in [4.69, 9.17) is 5.11 Å². The molecule has 0 aliphatic heterocycles. The third-order valence-electron chi connectivity index (χ3n) is 2.70. The molecule has 1 atom stereocenters. The zero-order valence-electron chi connectivity index (χ0n) is 11.5. The van der Waals surface area contributed by atoms with Crippen molar-refractivity contribution in [3.8, 4) is 0 Å². The third-order valence-corrected chi connectivity index (χ3v) is 2.70. The van der Waals surface area contributed by atoms with E-state index in [2.05, 4.69) is 10.6 Å². The zero-order valence-corrected chi connectivity index (χ0v) is 11.5. The molecule has 0 spiro atoms. The first-order valence-corrected chi connectivity index (χ1v) is 6.41. The normalized spacial score (nSPS) is 12.0. The van der Waals surface area contributed by atoms with Gasteiger partial charge in [0.2, 0.25) is 0 Å². The topological polar surface area (TPSA) is 78.4 Å². The van der Waals surface area contributed by atoms with E-state index in [0.717, 1.165) is 0 Å². The van der Waals surface area contributed by atoms with Crippen molar-refractivity contribution in [2.24, 2.45) is 11.8 Å². The Labute approximate surface area is 117 Å².